The lowest BCUT2D eigenvalue weighted by Crippen LogP contribution is -2.45. The van der Waals surface area contributed by atoms with Gasteiger partial charge in [-0.25, -0.2) is 0 Å². The largest absolute Gasteiger partial charge is 0.394 e. The minimum atomic E-state index is -0.868. The zero-order chi connectivity index (χ0) is 36.4. The highest BCUT2D eigenvalue weighted by Gasteiger charge is 2.17. The van der Waals surface area contributed by atoms with Crippen molar-refractivity contribution in [3.05, 3.63) is 48.6 Å². The average Bonchev–Trinajstić information content (AvgIpc) is 3.12. The van der Waals surface area contributed by atoms with Gasteiger partial charge >= 0.3 is 0 Å². The lowest BCUT2D eigenvalue weighted by Gasteiger charge is -2.19. The van der Waals surface area contributed by atoms with Gasteiger partial charge in [0.15, 0.2) is 0 Å². The predicted octanol–water partition coefficient (Wildman–Crippen LogP) is 13.6. The maximum atomic E-state index is 12.4. The van der Waals surface area contributed by atoms with Crippen LogP contribution in [-0.2, 0) is 4.79 Å². The summed E-state index contributed by atoms with van der Waals surface area (Å²) in [6.45, 7) is 4.28. The molecular formula is C46H85NO3. The molecule has 0 aliphatic rings. The normalized spacial score (nSPS) is 13.4. The third-order valence-electron chi connectivity index (χ3n) is 9.78. The van der Waals surface area contributed by atoms with Crippen LogP contribution in [-0.4, -0.2) is 34.9 Å². The summed E-state index contributed by atoms with van der Waals surface area (Å²) in [6.07, 6.45) is 56.5. The van der Waals surface area contributed by atoms with Crippen molar-refractivity contribution in [3.8, 4) is 0 Å². The molecule has 0 aromatic carbocycles. The van der Waals surface area contributed by atoms with Crippen molar-refractivity contribution in [2.75, 3.05) is 6.61 Å². The Balaban J connectivity index is 3.64. The van der Waals surface area contributed by atoms with Gasteiger partial charge in [-0.15, -0.1) is 0 Å². The lowest BCUT2D eigenvalue weighted by atomic mass is 10.0. The van der Waals surface area contributed by atoms with E-state index in [4.69, 9.17) is 0 Å². The van der Waals surface area contributed by atoms with E-state index >= 15 is 0 Å². The number of hydrogen-bond acceptors (Lipinski definition) is 3. The quantitative estimate of drug-likeness (QED) is 0.0442. The third-order valence-corrected chi connectivity index (χ3v) is 9.78. The molecule has 0 saturated heterocycles. The molecule has 50 heavy (non-hydrogen) atoms. The van der Waals surface area contributed by atoms with E-state index in [1.807, 2.05) is 6.08 Å². The summed E-state index contributed by atoms with van der Waals surface area (Å²) < 4.78 is 0. The summed E-state index contributed by atoms with van der Waals surface area (Å²) in [4.78, 5) is 12.4. The van der Waals surface area contributed by atoms with Crippen LogP contribution < -0.4 is 5.32 Å². The van der Waals surface area contributed by atoms with Gasteiger partial charge in [-0.1, -0.05) is 197 Å². The standard InChI is InChI=1S/C46H85NO3/c1-3-5-7-9-11-13-15-17-19-21-22-23-24-25-26-27-29-31-33-35-37-39-41-45(49)44(43-48)47-46(50)42-40-38-36-34-32-30-28-20-18-16-14-12-10-8-6-4-2/h14,16,20,28,31,33,39,41,44-45,48-49H,3-13,15,17-19,21-27,29-30,32,34-38,40,42-43H2,1-2H3,(H,47,50)/b16-14-,28-20-,33-31+,41-39+. The maximum absolute atomic E-state index is 12.4. The molecule has 2 atom stereocenters. The molecule has 0 saturated carbocycles. The first kappa shape index (κ1) is 48.3. The molecule has 0 heterocycles. The number of hydrogen-bond donors (Lipinski definition) is 3. The van der Waals surface area contributed by atoms with E-state index in [0.717, 1.165) is 51.4 Å². The van der Waals surface area contributed by atoms with Gasteiger partial charge in [0, 0.05) is 6.42 Å². The molecule has 0 aromatic rings. The van der Waals surface area contributed by atoms with Crippen LogP contribution in [0.1, 0.15) is 219 Å². The van der Waals surface area contributed by atoms with E-state index in [-0.39, 0.29) is 12.5 Å². The second-order valence-electron chi connectivity index (χ2n) is 14.8. The number of rotatable bonds is 39. The van der Waals surface area contributed by atoms with E-state index in [9.17, 15) is 15.0 Å². The second-order valence-corrected chi connectivity index (χ2v) is 14.8. The second kappa shape index (κ2) is 41.8. The van der Waals surface area contributed by atoms with Gasteiger partial charge in [0.2, 0.25) is 5.91 Å². The highest BCUT2D eigenvalue weighted by Crippen LogP contribution is 2.14. The molecule has 4 heteroatoms. The van der Waals surface area contributed by atoms with Crippen molar-refractivity contribution in [1.29, 1.82) is 0 Å². The van der Waals surface area contributed by atoms with Gasteiger partial charge in [0.1, 0.15) is 0 Å². The third kappa shape index (κ3) is 37.6. The fourth-order valence-corrected chi connectivity index (χ4v) is 6.40. The molecule has 292 valence electrons. The van der Waals surface area contributed by atoms with Crippen molar-refractivity contribution in [1.82, 2.24) is 5.32 Å². The van der Waals surface area contributed by atoms with Crippen LogP contribution in [0.3, 0.4) is 0 Å². The number of carbonyl (C=O) groups excluding carboxylic acids is 1. The number of amides is 1. The van der Waals surface area contributed by atoms with Crippen LogP contribution in [0.2, 0.25) is 0 Å². The summed E-state index contributed by atoms with van der Waals surface area (Å²) in [6, 6.07) is -0.646. The number of allylic oxidation sites excluding steroid dienone is 7. The van der Waals surface area contributed by atoms with Crippen molar-refractivity contribution in [2.24, 2.45) is 0 Å². The van der Waals surface area contributed by atoms with E-state index in [2.05, 4.69) is 55.6 Å². The Morgan fingerprint density at radius 1 is 0.480 bits per heavy atom. The van der Waals surface area contributed by atoms with E-state index in [1.165, 1.54) is 148 Å². The van der Waals surface area contributed by atoms with Gasteiger partial charge < -0.3 is 15.5 Å². The van der Waals surface area contributed by atoms with Crippen LogP contribution in [0.4, 0.5) is 0 Å². The highest BCUT2D eigenvalue weighted by atomic mass is 16.3. The van der Waals surface area contributed by atoms with Crippen LogP contribution >= 0.6 is 0 Å². The molecule has 0 aromatic heterocycles. The molecule has 0 rings (SSSR count). The maximum Gasteiger partial charge on any atom is 0.220 e. The Labute approximate surface area is 312 Å². The molecule has 0 radical (unpaired) electrons. The Bertz CT molecular complexity index is 801. The SMILES string of the molecule is CCCCCC/C=C\C/C=C\CCCCCCCC(=O)NC(CO)C(O)/C=C/CC/C=C/CCCCCCCCCCCCCCCCCC. The molecular weight excluding hydrogens is 615 g/mol. The molecule has 2 unspecified atom stereocenters. The molecule has 0 fully saturated rings. The highest BCUT2D eigenvalue weighted by molar-refractivity contribution is 5.76. The smallest absolute Gasteiger partial charge is 0.220 e. The fourth-order valence-electron chi connectivity index (χ4n) is 6.40. The van der Waals surface area contributed by atoms with Crippen LogP contribution in [0, 0.1) is 0 Å². The first-order chi connectivity index (χ1) is 24.7. The summed E-state index contributed by atoms with van der Waals surface area (Å²) in [5, 5.41) is 23.0. The van der Waals surface area contributed by atoms with E-state index in [1.54, 1.807) is 6.08 Å². The molecule has 1 amide bonds. The molecule has 0 aliphatic carbocycles. The zero-order valence-corrected chi connectivity index (χ0v) is 33.4. The Morgan fingerprint density at radius 3 is 1.30 bits per heavy atom. The number of aliphatic hydroxyl groups excluding tert-OH is 2. The zero-order valence-electron chi connectivity index (χ0n) is 33.4. The Hall–Kier alpha value is -1.65. The molecule has 0 aliphatic heterocycles. The van der Waals surface area contributed by atoms with Gasteiger partial charge in [-0.05, 0) is 64.2 Å². The van der Waals surface area contributed by atoms with Crippen LogP contribution in [0.25, 0.3) is 0 Å². The number of nitrogens with one attached hydrogen (secondary N) is 1. The minimum absolute atomic E-state index is 0.0881. The van der Waals surface area contributed by atoms with Crippen molar-refractivity contribution < 1.29 is 15.0 Å². The monoisotopic (exact) mass is 700 g/mol. The first-order valence-corrected chi connectivity index (χ1v) is 21.9. The Kier molecular flexibility index (Phi) is 40.4. The summed E-state index contributed by atoms with van der Waals surface area (Å²) >= 11 is 0. The summed E-state index contributed by atoms with van der Waals surface area (Å²) in [7, 11) is 0. The van der Waals surface area contributed by atoms with Crippen molar-refractivity contribution >= 4 is 5.91 Å². The van der Waals surface area contributed by atoms with Gasteiger partial charge in [0.25, 0.3) is 0 Å². The fraction of sp³-hybridized carbons (Fsp3) is 0.804. The van der Waals surface area contributed by atoms with Gasteiger partial charge in [-0.2, -0.15) is 0 Å². The number of aliphatic hydroxyl groups is 2. The molecule has 0 spiro atoms. The topological polar surface area (TPSA) is 69.6 Å². The van der Waals surface area contributed by atoms with Gasteiger partial charge in [0.05, 0.1) is 18.8 Å². The summed E-state index contributed by atoms with van der Waals surface area (Å²) in [5.41, 5.74) is 0. The number of unbranched alkanes of at least 4 members (excludes halogenated alkanes) is 26. The molecule has 0 bridgehead atoms. The van der Waals surface area contributed by atoms with E-state index in [0.29, 0.717) is 6.42 Å². The van der Waals surface area contributed by atoms with Crippen molar-refractivity contribution in [3.63, 3.8) is 0 Å². The van der Waals surface area contributed by atoms with Crippen molar-refractivity contribution in [2.45, 2.75) is 231 Å². The van der Waals surface area contributed by atoms with Crippen LogP contribution in [0.15, 0.2) is 48.6 Å². The minimum Gasteiger partial charge on any atom is -0.394 e. The lowest BCUT2D eigenvalue weighted by molar-refractivity contribution is -0.123. The Morgan fingerprint density at radius 2 is 0.840 bits per heavy atom. The number of carbonyl (C=O) groups is 1. The predicted molar refractivity (Wildman–Crippen MR) is 221 cm³/mol. The molecule has 3 N–H and O–H groups in total. The van der Waals surface area contributed by atoms with Crippen LogP contribution in [0.5, 0.6) is 0 Å². The average molecular weight is 700 g/mol. The van der Waals surface area contributed by atoms with E-state index < -0.39 is 12.1 Å². The summed E-state index contributed by atoms with van der Waals surface area (Å²) in [5.74, 6) is -0.0881. The van der Waals surface area contributed by atoms with Gasteiger partial charge in [-0.3, -0.25) is 4.79 Å². The molecule has 4 nitrogen and oxygen atoms in total. The first-order valence-electron chi connectivity index (χ1n) is 21.9.